The standard InChI is InChI=1S/C19H21FN4O2/c20-15-6-4-14(5-7-15)2-1-3-19(25)24-16-9-11-26-12-17(16)23-18-8-10-21-13-22-18/h1-2,4-8,10,13,16-17H,3,9,11-12H2,(H,24,25)(H,21,22,23)/b2-1+/t16-,17+/m0/s1. The summed E-state index contributed by atoms with van der Waals surface area (Å²) < 4.78 is 18.4. The van der Waals surface area contributed by atoms with Crippen molar-refractivity contribution >= 4 is 17.8 Å². The second-order valence-corrected chi connectivity index (χ2v) is 6.04. The molecule has 0 saturated carbocycles. The van der Waals surface area contributed by atoms with Gasteiger partial charge in [0.1, 0.15) is 18.0 Å². The number of nitrogens with zero attached hydrogens (tertiary/aromatic N) is 2. The van der Waals surface area contributed by atoms with Gasteiger partial charge in [-0.1, -0.05) is 24.3 Å². The second-order valence-electron chi connectivity index (χ2n) is 6.04. The summed E-state index contributed by atoms with van der Waals surface area (Å²) in [6, 6.07) is 7.82. The number of carbonyl (C=O) groups is 1. The molecule has 0 aliphatic carbocycles. The molecule has 0 unspecified atom stereocenters. The lowest BCUT2D eigenvalue weighted by Gasteiger charge is -2.33. The van der Waals surface area contributed by atoms with E-state index in [9.17, 15) is 9.18 Å². The average molecular weight is 356 g/mol. The smallest absolute Gasteiger partial charge is 0.224 e. The molecule has 2 N–H and O–H groups in total. The molecule has 7 heteroatoms. The van der Waals surface area contributed by atoms with Crippen molar-refractivity contribution < 1.29 is 13.9 Å². The first-order chi connectivity index (χ1) is 12.7. The van der Waals surface area contributed by atoms with Crippen molar-refractivity contribution in [2.75, 3.05) is 18.5 Å². The van der Waals surface area contributed by atoms with E-state index >= 15 is 0 Å². The van der Waals surface area contributed by atoms with E-state index in [1.165, 1.54) is 18.5 Å². The molecule has 2 atom stereocenters. The van der Waals surface area contributed by atoms with Crippen molar-refractivity contribution in [3.05, 3.63) is 60.3 Å². The van der Waals surface area contributed by atoms with Gasteiger partial charge >= 0.3 is 0 Å². The van der Waals surface area contributed by atoms with E-state index < -0.39 is 0 Å². The van der Waals surface area contributed by atoms with Crippen LogP contribution in [0.15, 0.2) is 48.9 Å². The molecule has 1 aromatic carbocycles. The van der Waals surface area contributed by atoms with E-state index in [4.69, 9.17) is 4.74 Å². The van der Waals surface area contributed by atoms with Gasteiger partial charge in [0.2, 0.25) is 5.91 Å². The molecule has 2 heterocycles. The number of hydrogen-bond acceptors (Lipinski definition) is 5. The lowest BCUT2D eigenvalue weighted by molar-refractivity contribution is -0.121. The van der Waals surface area contributed by atoms with Crippen molar-refractivity contribution in [2.24, 2.45) is 0 Å². The van der Waals surface area contributed by atoms with Gasteiger partial charge in [-0.25, -0.2) is 14.4 Å². The third-order valence-corrected chi connectivity index (χ3v) is 4.10. The lowest BCUT2D eigenvalue weighted by atomic mass is 10.0. The Bertz CT molecular complexity index is 737. The van der Waals surface area contributed by atoms with Gasteiger partial charge in [0.15, 0.2) is 0 Å². The van der Waals surface area contributed by atoms with Gasteiger partial charge in [-0.3, -0.25) is 4.79 Å². The Balaban J connectivity index is 1.52. The fourth-order valence-electron chi connectivity index (χ4n) is 2.76. The Hall–Kier alpha value is -2.80. The zero-order valence-corrected chi connectivity index (χ0v) is 14.3. The number of hydrogen-bond donors (Lipinski definition) is 2. The molecule has 26 heavy (non-hydrogen) atoms. The highest BCUT2D eigenvalue weighted by Crippen LogP contribution is 2.13. The van der Waals surface area contributed by atoms with Crippen LogP contribution in [0.25, 0.3) is 6.08 Å². The first kappa shape index (κ1) is 18.0. The van der Waals surface area contributed by atoms with Crippen LogP contribution in [0.1, 0.15) is 18.4 Å². The number of amides is 1. The minimum absolute atomic E-state index is 0.0366. The molecule has 0 radical (unpaired) electrons. The zero-order valence-electron chi connectivity index (χ0n) is 14.3. The van der Waals surface area contributed by atoms with Crippen LogP contribution in [0.5, 0.6) is 0 Å². The summed E-state index contributed by atoms with van der Waals surface area (Å²) in [6.45, 7) is 1.11. The zero-order chi connectivity index (χ0) is 18.2. The molecule has 6 nitrogen and oxygen atoms in total. The minimum atomic E-state index is -0.276. The molecule has 0 spiro atoms. The van der Waals surface area contributed by atoms with Crippen molar-refractivity contribution in [3.8, 4) is 0 Å². The SMILES string of the molecule is O=C(C/C=C/c1ccc(F)cc1)N[C@H]1CCOC[C@H]1Nc1ccncn1. The van der Waals surface area contributed by atoms with Crippen LogP contribution in [0.2, 0.25) is 0 Å². The largest absolute Gasteiger partial charge is 0.379 e. The van der Waals surface area contributed by atoms with Gasteiger partial charge < -0.3 is 15.4 Å². The Morgan fingerprint density at radius 2 is 2.12 bits per heavy atom. The van der Waals surface area contributed by atoms with E-state index in [0.717, 1.165) is 12.0 Å². The van der Waals surface area contributed by atoms with Gasteiger partial charge in [-0.2, -0.15) is 0 Å². The van der Waals surface area contributed by atoms with E-state index in [1.807, 2.05) is 0 Å². The summed E-state index contributed by atoms with van der Waals surface area (Å²) in [7, 11) is 0. The van der Waals surface area contributed by atoms with Crippen molar-refractivity contribution in [1.29, 1.82) is 0 Å². The summed E-state index contributed by atoms with van der Waals surface area (Å²) in [6.07, 6.45) is 7.70. The monoisotopic (exact) mass is 356 g/mol. The number of nitrogens with one attached hydrogen (secondary N) is 2. The highest BCUT2D eigenvalue weighted by molar-refractivity contribution is 5.79. The molecule has 2 aromatic rings. The maximum absolute atomic E-state index is 12.9. The van der Waals surface area contributed by atoms with Crippen LogP contribution >= 0.6 is 0 Å². The molecule has 136 valence electrons. The third-order valence-electron chi connectivity index (χ3n) is 4.10. The summed E-state index contributed by atoms with van der Waals surface area (Å²) >= 11 is 0. The fraction of sp³-hybridized carbons (Fsp3) is 0.316. The summed E-state index contributed by atoms with van der Waals surface area (Å²) in [5.41, 5.74) is 0.855. The predicted molar refractivity (Wildman–Crippen MR) is 96.9 cm³/mol. The van der Waals surface area contributed by atoms with E-state index in [2.05, 4.69) is 20.6 Å². The summed E-state index contributed by atoms with van der Waals surface area (Å²) in [5.74, 6) is 0.359. The average Bonchev–Trinajstić information content (AvgIpc) is 2.66. The number of carbonyl (C=O) groups excluding carboxylic acids is 1. The van der Waals surface area contributed by atoms with E-state index in [-0.39, 0.29) is 30.2 Å². The maximum atomic E-state index is 12.9. The Kier molecular flexibility index (Phi) is 6.27. The number of aromatic nitrogens is 2. The van der Waals surface area contributed by atoms with Crippen molar-refractivity contribution in [2.45, 2.75) is 24.9 Å². The third kappa shape index (κ3) is 5.35. The highest BCUT2D eigenvalue weighted by atomic mass is 19.1. The lowest BCUT2D eigenvalue weighted by Crippen LogP contribution is -2.52. The molecular weight excluding hydrogens is 335 g/mol. The Labute approximate surface area is 151 Å². The van der Waals surface area contributed by atoms with Crippen LogP contribution in [0.4, 0.5) is 10.2 Å². The second kappa shape index (κ2) is 9.05. The van der Waals surface area contributed by atoms with Crippen molar-refractivity contribution in [3.63, 3.8) is 0 Å². The molecule has 1 amide bonds. The van der Waals surface area contributed by atoms with Crippen LogP contribution in [-0.2, 0) is 9.53 Å². The first-order valence-electron chi connectivity index (χ1n) is 8.52. The Morgan fingerprint density at radius 3 is 2.88 bits per heavy atom. The Morgan fingerprint density at radius 1 is 1.27 bits per heavy atom. The van der Waals surface area contributed by atoms with Gasteiger partial charge in [0.05, 0.1) is 18.7 Å². The van der Waals surface area contributed by atoms with Crippen LogP contribution in [0, 0.1) is 5.82 Å². The predicted octanol–water partition coefficient (Wildman–Crippen LogP) is 2.40. The molecular formula is C19H21FN4O2. The van der Waals surface area contributed by atoms with Gasteiger partial charge in [0, 0.05) is 19.2 Å². The molecule has 0 bridgehead atoms. The molecule has 3 rings (SSSR count). The number of ether oxygens (including phenoxy) is 1. The number of halogens is 1. The number of benzene rings is 1. The van der Waals surface area contributed by atoms with Gasteiger partial charge in [-0.15, -0.1) is 0 Å². The maximum Gasteiger partial charge on any atom is 0.224 e. The fourth-order valence-corrected chi connectivity index (χ4v) is 2.76. The van der Waals surface area contributed by atoms with E-state index in [0.29, 0.717) is 19.0 Å². The normalized spacial score (nSPS) is 20.0. The molecule has 1 fully saturated rings. The van der Waals surface area contributed by atoms with Crippen LogP contribution in [0.3, 0.4) is 0 Å². The summed E-state index contributed by atoms with van der Waals surface area (Å²) in [5, 5.41) is 6.33. The summed E-state index contributed by atoms with van der Waals surface area (Å²) in [4.78, 5) is 20.3. The van der Waals surface area contributed by atoms with Crippen LogP contribution in [-0.4, -0.2) is 41.2 Å². The quantitative estimate of drug-likeness (QED) is 0.831. The van der Waals surface area contributed by atoms with Gasteiger partial charge in [0.25, 0.3) is 0 Å². The van der Waals surface area contributed by atoms with Gasteiger partial charge in [-0.05, 0) is 30.2 Å². The number of anilines is 1. The van der Waals surface area contributed by atoms with Crippen molar-refractivity contribution in [1.82, 2.24) is 15.3 Å². The molecule has 1 saturated heterocycles. The molecule has 1 aliphatic rings. The van der Waals surface area contributed by atoms with E-state index in [1.54, 1.807) is 36.5 Å². The first-order valence-corrected chi connectivity index (χ1v) is 8.52. The highest BCUT2D eigenvalue weighted by Gasteiger charge is 2.27. The minimum Gasteiger partial charge on any atom is -0.379 e. The molecule has 1 aliphatic heterocycles. The molecule has 1 aromatic heterocycles. The number of rotatable bonds is 6. The van der Waals surface area contributed by atoms with Crippen LogP contribution < -0.4 is 10.6 Å². The topological polar surface area (TPSA) is 76.1 Å².